The Labute approximate surface area is 106 Å². The average Bonchev–Trinajstić information content (AvgIpc) is 2.37. The van der Waals surface area contributed by atoms with Gasteiger partial charge in [0.1, 0.15) is 5.75 Å². The molecular formula is C13H20F4O. The summed E-state index contributed by atoms with van der Waals surface area (Å²) in [6, 6.07) is 5.75. The second kappa shape index (κ2) is 9.74. The molecule has 106 valence electrons. The van der Waals surface area contributed by atoms with E-state index in [-0.39, 0.29) is 5.75 Å². The highest BCUT2D eigenvalue weighted by Crippen LogP contribution is 2.29. The maximum absolute atomic E-state index is 12.4. The maximum atomic E-state index is 12.4. The molecule has 0 N–H and O–H groups in total. The quantitative estimate of drug-likeness (QED) is 0.677. The fraction of sp³-hybridized carbons (Fsp3) is 0.538. The van der Waals surface area contributed by atoms with Crippen molar-refractivity contribution in [2.24, 2.45) is 0 Å². The molecule has 0 spiro atoms. The van der Waals surface area contributed by atoms with E-state index in [1.165, 1.54) is 25.1 Å². The van der Waals surface area contributed by atoms with Crippen molar-refractivity contribution in [3.05, 3.63) is 29.8 Å². The van der Waals surface area contributed by atoms with Gasteiger partial charge in [0.15, 0.2) is 0 Å². The van der Waals surface area contributed by atoms with E-state index in [2.05, 4.69) is 4.74 Å². The number of hydrogen-bond donors (Lipinski definition) is 0. The van der Waals surface area contributed by atoms with Crippen molar-refractivity contribution in [1.29, 1.82) is 0 Å². The summed E-state index contributed by atoms with van der Waals surface area (Å²) >= 11 is 0. The minimum absolute atomic E-state index is 0.238. The smallest absolute Gasteiger partial charge is 0.428 e. The zero-order chi connectivity index (χ0) is 14.8. The van der Waals surface area contributed by atoms with E-state index in [0.29, 0.717) is 5.56 Å². The summed E-state index contributed by atoms with van der Waals surface area (Å²) in [6.07, 6.45) is -8.27. The number of ether oxygens (including phenoxy) is 1. The molecule has 18 heavy (non-hydrogen) atoms. The Bertz CT molecular complexity index is 314. The number of benzene rings is 1. The monoisotopic (exact) mass is 268 g/mol. The van der Waals surface area contributed by atoms with Crippen molar-refractivity contribution in [2.45, 2.75) is 47.2 Å². The molecule has 0 aliphatic carbocycles. The van der Waals surface area contributed by atoms with Crippen LogP contribution in [0.3, 0.4) is 0 Å². The molecule has 1 nitrogen and oxygen atoms in total. The van der Waals surface area contributed by atoms with Gasteiger partial charge in [0.2, 0.25) is 0 Å². The fourth-order valence-corrected chi connectivity index (χ4v) is 0.862. The van der Waals surface area contributed by atoms with E-state index in [0.717, 1.165) is 0 Å². The Morgan fingerprint density at radius 1 is 1.00 bits per heavy atom. The number of alkyl halides is 4. The summed E-state index contributed by atoms with van der Waals surface area (Å²) in [5.41, 5.74) is 0.382. The Morgan fingerprint density at radius 2 is 1.44 bits per heavy atom. The lowest BCUT2D eigenvalue weighted by Crippen LogP contribution is -2.33. The van der Waals surface area contributed by atoms with Gasteiger partial charge in [-0.3, -0.25) is 0 Å². The molecule has 0 bridgehead atoms. The number of halogens is 4. The van der Waals surface area contributed by atoms with Crippen LogP contribution in [-0.2, 0) is 0 Å². The molecule has 0 aromatic heterocycles. The lowest BCUT2D eigenvalue weighted by Gasteiger charge is -2.17. The lowest BCUT2D eigenvalue weighted by atomic mass is 10.2. The molecule has 0 fully saturated rings. The van der Waals surface area contributed by atoms with Crippen LogP contribution in [0.15, 0.2) is 24.3 Å². The van der Waals surface area contributed by atoms with Crippen LogP contribution >= 0.6 is 0 Å². The zero-order valence-corrected chi connectivity index (χ0v) is 11.3. The van der Waals surface area contributed by atoms with Gasteiger partial charge in [0.05, 0.1) is 0 Å². The summed E-state index contributed by atoms with van der Waals surface area (Å²) < 4.78 is 52.3. The summed E-state index contributed by atoms with van der Waals surface area (Å²) in [6.45, 7) is 9.50. The van der Waals surface area contributed by atoms with Crippen molar-refractivity contribution in [3.8, 4) is 5.75 Å². The van der Waals surface area contributed by atoms with Crippen molar-refractivity contribution in [3.63, 3.8) is 0 Å². The molecular weight excluding hydrogens is 248 g/mol. The van der Waals surface area contributed by atoms with E-state index in [1.54, 1.807) is 6.07 Å². The largest absolute Gasteiger partial charge is 0.461 e. The third-order valence-electron chi connectivity index (χ3n) is 1.59. The molecule has 0 aliphatic rings. The molecule has 0 atom stereocenters. The topological polar surface area (TPSA) is 9.23 Å². The molecule has 0 aliphatic heterocycles. The Kier molecular flexibility index (Phi) is 10.3. The van der Waals surface area contributed by atoms with Crippen molar-refractivity contribution in [2.75, 3.05) is 0 Å². The standard InChI is InChI=1S/C9H8F4O.2C2H6/c1-6-4-2-3-5-7(6)14-9(12,13)8(10)11;2*1-2/h2-5,8H,1H3;2*1-2H3. The second-order valence-electron chi connectivity index (χ2n) is 2.73. The third-order valence-corrected chi connectivity index (χ3v) is 1.59. The Hall–Kier alpha value is -1.26. The molecule has 0 amide bonds. The van der Waals surface area contributed by atoms with Crippen LogP contribution in [0.1, 0.15) is 33.3 Å². The van der Waals surface area contributed by atoms with Gasteiger partial charge in [-0.05, 0) is 18.6 Å². The van der Waals surface area contributed by atoms with Crippen LogP contribution in [-0.4, -0.2) is 12.5 Å². The first-order chi connectivity index (χ1) is 8.43. The van der Waals surface area contributed by atoms with Crippen LogP contribution in [0.25, 0.3) is 0 Å². The average molecular weight is 268 g/mol. The van der Waals surface area contributed by atoms with Gasteiger partial charge in [0, 0.05) is 0 Å². The molecule has 0 heterocycles. The fourth-order valence-electron chi connectivity index (χ4n) is 0.862. The van der Waals surface area contributed by atoms with Crippen molar-refractivity contribution in [1.82, 2.24) is 0 Å². The first-order valence-electron chi connectivity index (χ1n) is 5.84. The molecule has 1 aromatic carbocycles. The minimum Gasteiger partial charge on any atom is -0.428 e. The van der Waals surface area contributed by atoms with E-state index in [4.69, 9.17) is 0 Å². The molecule has 1 rings (SSSR count). The Balaban J connectivity index is 0. The number of hydrogen-bond acceptors (Lipinski definition) is 1. The summed E-state index contributed by atoms with van der Waals surface area (Å²) in [5, 5.41) is 0. The lowest BCUT2D eigenvalue weighted by molar-refractivity contribution is -0.253. The van der Waals surface area contributed by atoms with Crippen LogP contribution in [0.4, 0.5) is 17.6 Å². The van der Waals surface area contributed by atoms with Gasteiger partial charge in [-0.25, -0.2) is 0 Å². The molecule has 0 unspecified atom stereocenters. The van der Waals surface area contributed by atoms with Gasteiger partial charge in [-0.15, -0.1) is 0 Å². The predicted molar refractivity (Wildman–Crippen MR) is 65.5 cm³/mol. The highest BCUT2D eigenvalue weighted by atomic mass is 19.3. The van der Waals surface area contributed by atoms with Crippen LogP contribution < -0.4 is 4.74 Å². The second-order valence-corrected chi connectivity index (χ2v) is 2.73. The van der Waals surface area contributed by atoms with Gasteiger partial charge in [0.25, 0.3) is 0 Å². The SMILES string of the molecule is CC.CC.Cc1ccccc1OC(F)(F)C(F)F. The van der Waals surface area contributed by atoms with Crippen LogP contribution in [0.2, 0.25) is 0 Å². The summed E-state index contributed by atoms with van der Waals surface area (Å²) in [4.78, 5) is 0. The van der Waals surface area contributed by atoms with Gasteiger partial charge in [-0.1, -0.05) is 45.9 Å². The number of aryl methyl sites for hydroxylation is 1. The highest BCUT2D eigenvalue weighted by molar-refractivity contribution is 5.32. The molecule has 5 heteroatoms. The maximum Gasteiger partial charge on any atom is 0.461 e. The van der Waals surface area contributed by atoms with Crippen molar-refractivity contribution < 1.29 is 22.3 Å². The molecule has 0 saturated heterocycles. The summed E-state index contributed by atoms with van der Waals surface area (Å²) in [7, 11) is 0. The van der Waals surface area contributed by atoms with E-state index < -0.39 is 12.5 Å². The van der Waals surface area contributed by atoms with Crippen molar-refractivity contribution >= 4 is 0 Å². The third kappa shape index (κ3) is 6.47. The van der Waals surface area contributed by atoms with Gasteiger partial charge in [-0.2, -0.15) is 17.6 Å². The zero-order valence-electron chi connectivity index (χ0n) is 11.3. The molecule has 1 aromatic rings. The van der Waals surface area contributed by atoms with Crippen LogP contribution in [0.5, 0.6) is 5.75 Å². The van der Waals surface area contributed by atoms with E-state index >= 15 is 0 Å². The molecule has 0 saturated carbocycles. The van der Waals surface area contributed by atoms with Gasteiger partial charge < -0.3 is 4.74 Å². The predicted octanol–water partition coefficient (Wildman–Crippen LogP) is 5.28. The van der Waals surface area contributed by atoms with Gasteiger partial charge >= 0.3 is 12.5 Å². The summed E-state index contributed by atoms with van der Waals surface area (Å²) in [5.74, 6) is -0.238. The van der Waals surface area contributed by atoms with Crippen LogP contribution in [0, 0.1) is 6.92 Å². The molecule has 0 radical (unpaired) electrons. The number of para-hydroxylation sites is 1. The highest BCUT2D eigenvalue weighted by Gasteiger charge is 2.44. The first kappa shape index (κ1) is 19.1. The Morgan fingerprint density at radius 3 is 1.83 bits per heavy atom. The minimum atomic E-state index is -4.44. The first-order valence-corrected chi connectivity index (χ1v) is 5.84. The number of rotatable bonds is 3. The van der Waals surface area contributed by atoms with E-state index in [9.17, 15) is 17.6 Å². The normalized spacial score (nSPS) is 9.89. The van der Waals surface area contributed by atoms with E-state index in [1.807, 2.05) is 27.7 Å².